The van der Waals surface area contributed by atoms with Crippen LogP contribution in [0.4, 0.5) is 0 Å². The van der Waals surface area contributed by atoms with Gasteiger partial charge in [-0.25, -0.2) is 4.79 Å². The van der Waals surface area contributed by atoms with Gasteiger partial charge in [0.15, 0.2) is 0 Å². The van der Waals surface area contributed by atoms with Crippen LogP contribution in [-0.4, -0.2) is 29.1 Å². The monoisotopic (exact) mass is 295 g/mol. The molecule has 0 fully saturated rings. The van der Waals surface area contributed by atoms with Gasteiger partial charge in [0.2, 0.25) is 0 Å². The fraction of sp³-hybridized carbons (Fsp3) is 0.562. The van der Waals surface area contributed by atoms with E-state index in [0.29, 0.717) is 0 Å². The van der Waals surface area contributed by atoms with Crippen LogP contribution < -0.4 is 0 Å². The Morgan fingerprint density at radius 1 is 1.25 bits per heavy atom. The first-order valence-corrected chi connectivity index (χ1v) is 8.19. The lowest BCUT2D eigenvalue weighted by molar-refractivity contribution is -0.131. The van der Waals surface area contributed by atoms with Crippen molar-refractivity contribution >= 4 is 23.4 Å². The molecule has 0 saturated heterocycles. The third kappa shape index (κ3) is 6.87. The molecule has 0 atom stereocenters. The van der Waals surface area contributed by atoms with Crippen molar-refractivity contribution in [2.45, 2.75) is 46.1 Å². The third-order valence-electron chi connectivity index (χ3n) is 3.11. The summed E-state index contributed by atoms with van der Waals surface area (Å²) in [7, 11) is 0. The highest BCUT2D eigenvalue weighted by Gasteiger charge is 2.07. The molecule has 3 nitrogen and oxygen atoms in total. The Hall–Kier alpha value is -1.13. The predicted molar refractivity (Wildman–Crippen MR) is 86.1 cm³/mol. The molecule has 0 amide bonds. The van der Waals surface area contributed by atoms with Gasteiger partial charge < -0.3 is 5.11 Å². The summed E-state index contributed by atoms with van der Waals surface area (Å²) < 4.78 is 0. The molecule has 1 heterocycles. The molecule has 0 aliphatic carbocycles. The van der Waals surface area contributed by atoms with Crippen LogP contribution in [0.25, 0.3) is 6.08 Å². The van der Waals surface area contributed by atoms with Crippen molar-refractivity contribution in [3.05, 3.63) is 28.0 Å². The molecular formula is C16H25NO2S. The van der Waals surface area contributed by atoms with Crippen molar-refractivity contribution in [2.24, 2.45) is 0 Å². The Kier molecular flexibility index (Phi) is 8.23. The summed E-state index contributed by atoms with van der Waals surface area (Å²) >= 11 is 1.68. The van der Waals surface area contributed by atoms with Crippen molar-refractivity contribution in [3.63, 3.8) is 0 Å². The number of hydrogen-bond donors (Lipinski definition) is 1. The first kappa shape index (κ1) is 16.9. The molecule has 20 heavy (non-hydrogen) atoms. The van der Waals surface area contributed by atoms with Crippen LogP contribution in [-0.2, 0) is 11.3 Å². The molecule has 1 N–H and O–H groups in total. The van der Waals surface area contributed by atoms with Crippen LogP contribution >= 0.6 is 11.3 Å². The molecule has 0 aromatic carbocycles. The van der Waals surface area contributed by atoms with Crippen LogP contribution in [0, 0.1) is 0 Å². The number of aliphatic carboxylic acids is 1. The molecule has 0 saturated carbocycles. The normalized spacial score (nSPS) is 11.6. The zero-order valence-electron chi connectivity index (χ0n) is 12.5. The van der Waals surface area contributed by atoms with Gasteiger partial charge in [-0.15, -0.1) is 11.3 Å². The Labute approximate surface area is 125 Å². The SMILES string of the molecule is CCCCN(CCCC)Cc1ccc(C=CC(=O)O)s1. The smallest absolute Gasteiger partial charge is 0.328 e. The summed E-state index contributed by atoms with van der Waals surface area (Å²) in [6, 6.07) is 4.11. The number of carboxylic acids is 1. The number of carboxylic acid groups (broad SMARTS) is 1. The topological polar surface area (TPSA) is 40.5 Å². The van der Waals surface area contributed by atoms with Gasteiger partial charge in [0.05, 0.1) is 0 Å². The van der Waals surface area contributed by atoms with Crippen molar-refractivity contribution in [1.82, 2.24) is 4.90 Å². The summed E-state index contributed by atoms with van der Waals surface area (Å²) in [6.45, 7) is 7.71. The number of hydrogen-bond acceptors (Lipinski definition) is 3. The van der Waals surface area contributed by atoms with Gasteiger partial charge in [0, 0.05) is 22.4 Å². The van der Waals surface area contributed by atoms with E-state index in [1.54, 1.807) is 17.4 Å². The minimum atomic E-state index is -0.896. The highest BCUT2D eigenvalue weighted by molar-refractivity contribution is 7.12. The fourth-order valence-corrected chi connectivity index (χ4v) is 2.93. The zero-order valence-corrected chi connectivity index (χ0v) is 13.3. The third-order valence-corrected chi connectivity index (χ3v) is 4.14. The average Bonchev–Trinajstić information content (AvgIpc) is 2.87. The van der Waals surface area contributed by atoms with Crippen molar-refractivity contribution in [3.8, 4) is 0 Å². The van der Waals surface area contributed by atoms with Gasteiger partial charge >= 0.3 is 5.97 Å². The minimum Gasteiger partial charge on any atom is -0.478 e. The summed E-state index contributed by atoms with van der Waals surface area (Å²) in [5.41, 5.74) is 0. The van der Waals surface area contributed by atoms with Crippen LogP contribution in [0.3, 0.4) is 0 Å². The van der Waals surface area contributed by atoms with E-state index in [4.69, 9.17) is 5.11 Å². The molecule has 112 valence electrons. The maximum Gasteiger partial charge on any atom is 0.328 e. The van der Waals surface area contributed by atoms with Gasteiger partial charge in [0.25, 0.3) is 0 Å². The fourth-order valence-electron chi connectivity index (χ4n) is 1.98. The molecule has 0 aliphatic rings. The molecule has 1 aromatic rings. The van der Waals surface area contributed by atoms with Gasteiger partial charge in [0.1, 0.15) is 0 Å². The van der Waals surface area contributed by atoms with Gasteiger partial charge in [-0.2, -0.15) is 0 Å². The van der Waals surface area contributed by atoms with Crippen molar-refractivity contribution < 1.29 is 9.90 Å². The quantitative estimate of drug-likeness (QED) is 0.656. The Morgan fingerprint density at radius 2 is 1.90 bits per heavy atom. The second-order valence-electron chi connectivity index (χ2n) is 4.96. The molecule has 4 heteroatoms. The Morgan fingerprint density at radius 3 is 2.45 bits per heavy atom. The summed E-state index contributed by atoms with van der Waals surface area (Å²) in [5, 5.41) is 8.63. The highest BCUT2D eigenvalue weighted by atomic mass is 32.1. The molecule has 0 aliphatic heterocycles. The highest BCUT2D eigenvalue weighted by Crippen LogP contribution is 2.20. The van der Waals surface area contributed by atoms with Gasteiger partial charge in [-0.05, 0) is 44.1 Å². The molecular weight excluding hydrogens is 270 g/mol. The summed E-state index contributed by atoms with van der Waals surface area (Å²) in [6.07, 6.45) is 7.78. The van der Waals surface area contributed by atoms with E-state index in [2.05, 4.69) is 24.8 Å². The maximum atomic E-state index is 10.5. The van der Waals surface area contributed by atoms with E-state index in [9.17, 15) is 4.79 Å². The number of rotatable bonds is 10. The van der Waals surface area contributed by atoms with E-state index in [-0.39, 0.29) is 0 Å². The van der Waals surface area contributed by atoms with E-state index < -0.39 is 5.97 Å². The lowest BCUT2D eigenvalue weighted by Gasteiger charge is -2.21. The van der Waals surface area contributed by atoms with E-state index >= 15 is 0 Å². The Bertz CT molecular complexity index is 418. The summed E-state index contributed by atoms with van der Waals surface area (Å²) in [5.74, 6) is -0.896. The zero-order chi connectivity index (χ0) is 14.8. The number of carbonyl (C=O) groups is 1. The Balaban J connectivity index is 2.56. The van der Waals surface area contributed by atoms with Crippen LogP contribution in [0.1, 0.15) is 49.3 Å². The van der Waals surface area contributed by atoms with Crippen molar-refractivity contribution in [2.75, 3.05) is 13.1 Å². The van der Waals surface area contributed by atoms with Gasteiger partial charge in [-0.3, -0.25) is 4.90 Å². The van der Waals surface area contributed by atoms with Crippen LogP contribution in [0.5, 0.6) is 0 Å². The second kappa shape index (κ2) is 9.72. The molecule has 0 radical (unpaired) electrons. The largest absolute Gasteiger partial charge is 0.478 e. The number of nitrogens with zero attached hydrogens (tertiary/aromatic N) is 1. The lowest BCUT2D eigenvalue weighted by Crippen LogP contribution is -2.25. The predicted octanol–water partition coefficient (Wildman–Crippen LogP) is 4.25. The molecule has 0 spiro atoms. The molecule has 1 aromatic heterocycles. The second-order valence-corrected chi connectivity index (χ2v) is 6.16. The van der Waals surface area contributed by atoms with Crippen LogP contribution in [0.2, 0.25) is 0 Å². The minimum absolute atomic E-state index is 0.896. The molecule has 0 unspecified atom stereocenters. The first-order chi connectivity index (χ1) is 9.65. The number of thiophene rings is 1. The first-order valence-electron chi connectivity index (χ1n) is 7.37. The standard InChI is InChI=1S/C16H25NO2S/c1-3-5-11-17(12-6-4-2)13-15-8-7-14(20-15)9-10-16(18)19/h7-10H,3-6,11-13H2,1-2H3,(H,18,19). The van der Waals surface area contributed by atoms with Crippen LogP contribution in [0.15, 0.2) is 18.2 Å². The van der Waals surface area contributed by atoms with E-state index in [1.807, 2.05) is 6.07 Å². The maximum absolute atomic E-state index is 10.5. The molecule has 1 rings (SSSR count). The van der Waals surface area contributed by atoms with E-state index in [0.717, 1.165) is 24.5 Å². The molecule has 0 bridgehead atoms. The average molecular weight is 295 g/mol. The van der Waals surface area contributed by atoms with Crippen molar-refractivity contribution in [1.29, 1.82) is 0 Å². The summed E-state index contributed by atoms with van der Waals surface area (Å²) in [4.78, 5) is 15.3. The van der Waals surface area contributed by atoms with Gasteiger partial charge in [-0.1, -0.05) is 26.7 Å². The van der Waals surface area contributed by atoms with E-state index in [1.165, 1.54) is 36.6 Å². The number of unbranched alkanes of at least 4 members (excludes halogenated alkanes) is 2. The lowest BCUT2D eigenvalue weighted by atomic mass is 10.2.